The summed E-state index contributed by atoms with van der Waals surface area (Å²) in [5, 5.41) is 0. The Kier molecular flexibility index (Phi) is 5.40. The molecule has 2 aromatic rings. The molecule has 1 amide bonds. The number of rotatable bonds is 6. The van der Waals surface area contributed by atoms with Gasteiger partial charge >= 0.3 is 0 Å². The van der Waals surface area contributed by atoms with Crippen molar-refractivity contribution in [1.82, 2.24) is 9.62 Å². The first kappa shape index (κ1) is 18.2. The summed E-state index contributed by atoms with van der Waals surface area (Å²) >= 11 is 0. The van der Waals surface area contributed by atoms with Gasteiger partial charge in [0.1, 0.15) is 0 Å². The van der Waals surface area contributed by atoms with Crippen molar-refractivity contribution in [2.75, 3.05) is 13.1 Å². The third-order valence-electron chi connectivity index (χ3n) is 4.47. The van der Waals surface area contributed by atoms with Crippen LogP contribution in [0.3, 0.4) is 0 Å². The molecule has 0 aliphatic carbocycles. The highest BCUT2D eigenvalue weighted by Gasteiger charge is 2.33. The Morgan fingerprint density at radius 3 is 2.62 bits per heavy atom. The second kappa shape index (κ2) is 7.73. The molecule has 1 fully saturated rings. The van der Waals surface area contributed by atoms with Crippen LogP contribution in [-0.4, -0.2) is 38.4 Å². The van der Waals surface area contributed by atoms with E-state index in [9.17, 15) is 13.2 Å². The molecular formula is C20H20N2O3S. The summed E-state index contributed by atoms with van der Waals surface area (Å²) < 4.78 is 26.7. The van der Waals surface area contributed by atoms with Crippen molar-refractivity contribution < 1.29 is 13.2 Å². The van der Waals surface area contributed by atoms with Gasteiger partial charge in [-0.3, -0.25) is 4.79 Å². The number of sulfonamides is 1. The lowest BCUT2D eigenvalue weighted by atomic mass is 9.94. The van der Waals surface area contributed by atoms with E-state index in [0.717, 1.165) is 12.8 Å². The Morgan fingerprint density at radius 1 is 1.19 bits per heavy atom. The molecule has 26 heavy (non-hydrogen) atoms. The lowest BCUT2D eigenvalue weighted by Gasteiger charge is -2.41. The maximum atomic E-state index is 12.8. The fraction of sp³-hybridized carbons (Fsp3) is 0.250. The van der Waals surface area contributed by atoms with Gasteiger partial charge in [-0.15, -0.1) is 6.42 Å². The Labute approximate surface area is 154 Å². The zero-order valence-electron chi connectivity index (χ0n) is 14.3. The first-order valence-electron chi connectivity index (χ1n) is 8.39. The Balaban J connectivity index is 1.74. The van der Waals surface area contributed by atoms with E-state index in [1.807, 2.05) is 30.3 Å². The number of carbonyl (C=O) groups is 1. The van der Waals surface area contributed by atoms with Gasteiger partial charge in [0.05, 0.1) is 11.4 Å². The van der Waals surface area contributed by atoms with Crippen LogP contribution in [0.15, 0.2) is 59.5 Å². The molecule has 0 aromatic heterocycles. The third-order valence-corrected chi connectivity index (χ3v) is 5.87. The summed E-state index contributed by atoms with van der Waals surface area (Å²) in [5.41, 5.74) is 1.55. The molecule has 1 aliphatic rings. The molecule has 0 saturated carbocycles. The van der Waals surface area contributed by atoms with Crippen LogP contribution in [0, 0.1) is 12.3 Å². The van der Waals surface area contributed by atoms with Crippen LogP contribution in [0.1, 0.15) is 22.3 Å². The molecule has 134 valence electrons. The highest BCUT2D eigenvalue weighted by Crippen LogP contribution is 2.24. The maximum Gasteiger partial charge on any atom is 0.254 e. The minimum Gasteiger partial charge on any atom is -0.335 e. The first-order chi connectivity index (χ1) is 12.5. The molecule has 1 aliphatic heterocycles. The molecule has 6 heteroatoms. The molecule has 0 radical (unpaired) electrons. The van der Waals surface area contributed by atoms with E-state index >= 15 is 0 Å². The average Bonchev–Trinajstić information content (AvgIpc) is 2.64. The van der Waals surface area contributed by atoms with Crippen molar-refractivity contribution in [2.45, 2.75) is 23.8 Å². The normalized spacial score (nSPS) is 16.6. The molecule has 1 heterocycles. The number of hydrogen-bond donors (Lipinski definition) is 1. The van der Waals surface area contributed by atoms with Crippen LogP contribution in [0.25, 0.3) is 0 Å². The largest absolute Gasteiger partial charge is 0.335 e. The molecule has 1 unspecified atom stereocenters. The summed E-state index contributed by atoms with van der Waals surface area (Å²) in [7, 11) is -3.72. The zero-order valence-corrected chi connectivity index (χ0v) is 15.1. The van der Waals surface area contributed by atoms with E-state index in [2.05, 4.69) is 10.6 Å². The molecule has 1 saturated heterocycles. The van der Waals surface area contributed by atoms with Crippen molar-refractivity contribution >= 4 is 15.9 Å². The van der Waals surface area contributed by atoms with Crippen LogP contribution >= 0.6 is 0 Å². The van der Waals surface area contributed by atoms with Crippen LogP contribution in [0.5, 0.6) is 0 Å². The number of likely N-dealkylation sites (tertiary alicyclic amines) is 1. The van der Waals surface area contributed by atoms with Crippen LogP contribution in [0.4, 0.5) is 0 Å². The van der Waals surface area contributed by atoms with Crippen LogP contribution < -0.4 is 4.72 Å². The van der Waals surface area contributed by atoms with Gasteiger partial charge < -0.3 is 4.90 Å². The van der Waals surface area contributed by atoms with Gasteiger partial charge in [0.2, 0.25) is 10.0 Å². The number of terminal acetylenes is 1. The smallest absolute Gasteiger partial charge is 0.254 e. The topological polar surface area (TPSA) is 66.5 Å². The monoisotopic (exact) mass is 368 g/mol. The van der Waals surface area contributed by atoms with Gasteiger partial charge in [0, 0.05) is 18.2 Å². The Bertz CT molecular complexity index is 933. The van der Waals surface area contributed by atoms with Gasteiger partial charge in [-0.2, -0.15) is 4.72 Å². The molecule has 3 rings (SSSR count). The van der Waals surface area contributed by atoms with E-state index in [1.54, 1.807) is 17.0 Å². The number of carbonyl (C=O) groups excluding carboxylic acids is 1. The van der Waals surface area contributed by atoms with Crippen molar-refractivity contribution in [1.29, 1.82) is 0 Å². The molecular weight excluding hydrogens is 348 g/mol. The highest BCUT2D eigenvalue weighted by molar-refractivity contribution is 7.89. The molecule has 1 N–H and O–H groups in total. The second-order valence-corrected chi connectivity index (χ2v) is 7.95. The summed E-state index contributed by atoms with van der Waals surface area (Å²) in [6.07, 6.45) is 6.84. The van der Waals surface area contributed by atoms with Gasteiger partial charge in [-0.1, -0.05) is 42.3 Å². The minimum atomic E-state index is -3.72. The van der Waals surface area contributed by atoms with E-state index in [0.29, 0.717) is 12.1 Å². The number of amides is 1. The SMILES string of the molecule is C#CCNS(=O)(=O)c1cccc(C(=O)N2CCC2Cc2ccccc2)c1. The lowest BCUT2D eigenvalue weighted by Crippen LogP contribution is -2.52. The first-order valence-corrected chi connectivity index (χ1v) is 9.87. The average molecular weight is 368 g/mol. The Hall–Kier alpha value is -2.62. The molecule has 5 nitrogen and oxygen atoms in total. The van der Waals surface area contributed by atoms with Crippen LogP contribution in [0.2, 0.25) is 0 Å². The number of hydrogen-bond acceptors (Lipinski definition) is 3. The zero-order chi connectivity index (χ0) is 18.6. The highest BCUT2D eigenvalue weighted by atomic mass is 32.2. The molecule has 0 spiro atoms. The van der Waals surface area contributed by atoms with Crippen molar-refractivity contribution in [3.8, 4) is 12.3 Å². The van der Waals surface area contributed by atoms with Crippen molar-refractivity contribution in [2.24, 2.45) is 0 Å². The standard InChI is InChI=1S/C20H20N2O3S/c1-2-12-21-26(24,25)19-10-6-9-17(15-19)20(23)22-13-11-18(22)14-16-7-4-3-5-8-16/h1,3-10,15,18,21H,11-14H2. The summed E-state index contributed by atoms with van der Waals surface area (Å²) in [4.78, 5) is 14.6. The Morgan fingerprint density at radius 2 is 1.96 bits per heavy atom. The number of nitrogens with zero attached hydrogens (tertiary/aromatic N) is 1. The molecule has 1 atom stereocenters. The number of nitrogens with one attached hydrogen (secondary N) is 1. The fourth-order valence-corrected chi connectivity index (χ4v) is 3.97. The third kappa shape index (κ3) is 3.96. The summed E-state index contributed by atoms with van der Waals surface area (Å²) in [6.45, 7) is 0.592. The van der Waals surface area contributed by atoms with E-state index in [1.165, 1.54) is 17.7 Å². The molecule has 0 bridgehead atoms. The molecule has 2 aromatic carbocycles. The fourth-order valence-electron chi connectivity index (χ4n) is 2.99. The van der Waals surface area contributed by atoms with E-state index < -0.39 is 10.0 Å². The van der Waals surface area contributed by atoms with E-state index in [-0.39, 0.29) is 23.4 Å². The van der Waals surface area contributed by atoms with Gasteiger partial charge in [0.15, 0.2) is 0 Å². The predicted molar refractivity (Wildman–Crippen MR) is 100 cm³/mol. The van der Waals surface area contributed by atoms with Gasteiger partial charge in [-0.05, 0) is 36.6 Å². The summed E-state index contributed by atoms with van der Waals surface area (Å²) in [6, 6.07) is 16.2. The lowest BCUT2D eigenvalue weighted by molar-refractivity contribution is 0.0464. The van der Waals surface area contributed by atoms with Gasteiger partial charge in [0.25, 0.3) is 5.91 Å². The quantitative estimate of drug-likeness (QED) is 0.794. The minimum absolute atomic E-state index is 0.0405. The van der Waals surface area contributed by atoms with Crippen LogP contribution in [-0.2, 0) is 16.4 Å². The van der Waals surface area contributed by atoms with E-state index in [4.69, 9.17) is 6.42 Å². The summed E-state index contributed by atoms with van der Waals surface area (Å²) in [5.74, 6) is 2.08. The second-order valence-electron chi connectivity index (χ2n) is 6.19. The maximum absolute atomic E-state index is 12.8. The number of benzene rings is 2. The van der Waals surface area contributed by atoms with Gasteiger partial charge in [-0.25, -0.2) is 8.42 Å². The predicted octanol–water partition coefficient (Wildman–Crippen LogP) is 2.06. The van der Waals surface area contributed by atoms with Crippen molar-refractivity contribution in [3.63, 3.8) is 0 Å². The van der Waals surface area contributed by atoms with Crippen molar-refractivity contribution in [3.05, 3.63) is 65.7 Å².